The lowest BCUT2D eigenvalue weighted by Gasteiger charge is -2.07. The van der Waals surface area contributed by atoms with Crippen LogP contribution in [0, 0.1) is 5.41 Å². The van der Waals surface area contributed by atoms with E-state index in [0.717, 1.165) is 23.4 Å². The molecule has 1 aliphatic carbocycles. The van der Waals surface area contributed by atoms with Gasteiger partial charge >= 0.3 is 0 Å². The van der Waals surface area contributed by atoms with E-state index in [0.29, 0.717) is 0 Å². The van der Waals surface area contributed by atoms with Crippen LogP contribution in [-0.4, -0.2) is 17.1 Å². The predicted molar refractivity (Wildman–Crippen MR) is 59.1 cm³/mol. The summed E-state index contributed by atoms with van der Waals surface area (Å²) in [5.74, 6) is 0.122. The van der Waals surface area contributed by atoms with Gasteiger partial charge in [0, 0.05) is 11.3 Å². The first-order valence-electron chi connectivity index (χ1n) is 4.63. The number of fused-ring (bicyclic) bond motifs is 1. The molecule has 0 bridgehead atoms. The highest BCUT2D eigenvalue weighted by Gasteiger charge is 2.16. The normalized spacial score (nSPS) is 14.1. The summed E-state index contributed by atoms with van der Waals surface area (Å²) in [6, 6.07) is 2.03. The van der Waals surface area contributed by atoms with Gasteiger partial charge in [-0.2, -0.15) is 0 Å². The van der Waals surface area contributed by atoms with Crippen LogP contribution < -0.4 is 5.73 Å². The Kier molecular flexibility index (Phi) is 2.46. The Bertz CT molecular complexity index is 387. The first-order valence-corrected chi connectivity index (χ1v) is 5.86. The van der Waals surface area contributed by atoms with E-state index < -0.39 is 0 Å². The average molecular weight is 207 g/mol. The van der Waals surface area contributed by atoms with Gasteiger partial charge in [0.05, 0.1) is 0 Å². The van der Waals surface area contributed by atoms with Crippen molar-refractivity contribution in [3.63, 3.8) is 0 Å². The molecule has 1 aliphatic rings. The summed E-state index contributed by atoms with van der Waals surface area (Å²) in [6.07, 6.45) is 5.30. The number of aryl methyl sites for hydroxylation is 2. The zero-order chi connectivity index (χ0) is 10.1. The summed E-state index contributed by atoms with van der Waals surface area (Å²) >= 11 is 1.56. The molecule has 3 N–H and O–H groups in total. The zero-order valence-electron chi connectivity index (χ0n) is 8.13. The quantitative estimate of drug-likeness (QED) is 0.439. The lowest BCUT2D eigenvalue weighted by atomic mass is 10.1. The molecule has 0 amide bonds. The number of hydrogen-bond donors (Lipinski definition) is 2. The molecular weight excluding hydrogens is 194 g/mol. The van der Waals surface area contributed by atoms with Gasteiger partial charge in [0.1, 0.15) is 10.9 Å². The first kappa shape index (κ1) is 9.52. The number of nitrogens with two attached hydrogens (primary N) is 1. The molecule has 0 unspecified atom stereocenters. The molecule has 0 radical (unpaired) electrons. The van der Waals surface area contributed by atoms with Crippen LogP contribution >= 0.6 is 11.8 Å². The van der Waals surface area contributed by atoms with E-state index in [1.165, 1.54) is 17.7 Å². The SMILES string of the molecule is CSc1nc2c(cc1C(=N)N)CCC2. The third-order valence-corrected chi connectivity index (χ3v) is 3.20. The molecule has 0 saturated carbocycles. The number of nitrogen functional groups attached to an aromatic ring is 1. The van der Waals surface area contributed by atoms with Crippen LogP contribution in [0.25, 0.3) is 0 Å². The summed E-state index contributed by atoms with van der Waals surface area (Å²) in [5.41, 5.74) is 8.77. The molecule has 1 heterocycles. The van der Waals surface area contributed by atoms with Crippen LogP contribution in [-0.2, 0) is 12.8 Å². The molecule has 0 aliphatic heterocycles. The van der Waals surface area contributed by atoms with Gasteiger partial charge in [0.15, 0.2) is 0 Å². The maximum Gasteiger partial charge on any atom is 0.125 e. The van der Waals surface area contributed by atoms with Gasteiger partial charge in [0.2, 0.25) is 0 Å². The third kappa shape index (κ3) is 1.50. The maximum absolute atomic E-state index is 7.47. The van der Waals surface area contributed by atoms with Gasteiger partial charge in [-0.1, -0.05) is 0 Å². The summed E-state index contributed by atoms with van der Waals surface area (Å²) in [5, 5.41) is 8.35. The topological polar surface area (TPSA) is 62.8 Å². The highest BCUT2D eigenvalue weighted by Crippen LogP contribution is 2.26. The number of pyridine rings is 1. The summed E-state index contributed by atoms with van der Waals surface area (Å²) in [6.45, 7) is 0. The Morgan fingerprint density at radius 2 is 2.36 bits per heavy atom. The smallest absolute Gasteiger partial charge is 0.125 e. The molecule has 4 heteroatoms. The van der Waals surface area contributed by atoms with Gasteiger partial charge in [-0.15, -0.1) is 11.8 Å². The fourth-order valence-electron chi connectivity index (χ4n) is 1.80. The van der Waals surface area contributed by atoms with E-state index in [4.69, 9.17) is 11.1 Å². The van der Waals surface area contributed by atoms with Gasteiger partial charge in [-0.05, 0) is 37.1 Å². The van der Waals surface area contributed by atoms with Crippen molar-refractivity contribution in [2.45, 2.75) is 24.3 Å². The van der Waals surface area contributed by atoms with E-state index in [1.807, 2.05) is 12.3 Å². The van der Waals surface area contributed by atoms with Gasteiger partial charge in [-0.3, -0.25) is 5.41 Å². The standard InChI is InChI=1S/C10H13N3S/c1-14-10-7(9(11)12)5-6-3-2-4-8(6)13-10/h5H,2-4H2,1H3,(H3,11,12). The fourth-order valence-corrected chi connectivity index (χ4v) is 2.39. The lowest BCUT2D eigenvalue weighted by molar-refractivity contribution is 0.891. The van der Waals surface area contributed by atoms with Gasteiger partial charge in [0.25, 0.3) is 0 Å². The number of nitrogens with one attached hydrogen (secondary N) is 1. The van der Waals surface area contributed by atoms with Crippen LogP contribution in [0.1, 0.15) is 23.2 Å². The fraction of sp³-hybridized carbons (Fsp3) is 0.400. The lowest BCUT2D eigenvalue weighted by Crippen LogP contribution is -2.14. The monoisotopic (exact) mass is 207 g/mol. The molecular formula is C10H13N3S. The molecule has 1 aromatic rings. The van der Waals surface area contributed by atoms with Crippen LogP contribution in [0.2, 0.25) is 0 Å². The number of thioether (sulfide) groups is 1. The van der Waals surface area contributed by atoms with Crippen molar-refractivity contribution in [1.29, 1.82) is 5.41 Å². The molecule has 1 aromatic heterocycles. The zero-order valence-corrected chi connectivity index (χ0v) is 8.95. The molecule has 0 atom stereocenters. The summed E-state index contributed by atoms with van der Waals surface area (Å²) < 4.78 is 0. The second-order valence-electron chi connectivity index (χ2n) is 3.42. The minimum atomic E-state index is 0.122. The van der Waals surface area contributed by atoms with Crippen LogP contribution in [0.4, 0.5) is 0 Å². The highest BCUT2D eigenvalue weighted by atomic mass is 32.2. The Morgan fingerprint density at radius 1 is 1.57 bits per heavy atom. The molecule has 0 fully saturated rings. The van der Waals surface area contributed by atoms with E-state index in [2.05, 4.69) is 4.98 Å². The van der Waals surface area contributed by atoms with Gasteiger partial charge in [-0.25, -0.2) is 4.98 Å². The van der Waals surface area contributed by atoms with Crippen molar-refractivity contribution in [1.82, 2.24) is 4.98 Å². The maximum atomic E-state index is 7.47. The van der Waals surface area contributed by atoms with Crippen LogP contribution in [0.3, 0.4) is 0 Å². The first-order chi connectivity index (χ1) is 6.72. The van der Waals surface area contributed by atoms with Crippen molar-refractivity contribution >= 4 is 17.6 Å². The Balaban J connectivity index is 2.54. The van der Waals surface area contributed by atoms with Crippen molar-refractivity contribution < 1.29 is 0 Å². The summed E-state index contributed by atoms with van der Waals surface area (Å²) in [7, 11) is 0. The largest absolute Gasteiger partial charge is 0.384 e. The third-order valence-electron chi connectivity index (χ3n) is 2.50. The Labute approximate surface area is 87.6 Å². The number of hydrogen-bond acceptors (Lipinski definition) is 3. The van der Waals surface area contributed by atoms with Crippen LogP contribution in [0.5, 0.6) is 0 Å². The molecule has 0 aromatic carbocycles. The van der Waals surface area contributed by atoms with E-state index in [-0.39, 0.29) is 5.84 Å². The highest BCUT2D eigenvalue weighted by molar-refractivity contribution is 7.98. The number of nitrogens with zero attached hydrogens (tertiary/aromatic N) is 1. The van der Waals surface area contributed by atoms with E-state index >= 15 is 0 Å². The van der Waals surface area contributed by atoms with Crippen molar-refractivity contribution in [3.05, 3.63) is 22.9 Å². The molecule has 0 spiro atoms. The number of rotatable bonds is 2. The van der Waals surface area contributed by atoms with E-state index in [9.17, 15) is 0 Å². The molecule has 74 valence electrons. The van der Waals surface area contributed by atoms with Gasteiger partial charge < -0.3 is 5.73 Å². The second-order valence-corrected chi connectivity index (χ2v) is 4.21. The molecule has 0 saturated heterocycles. The number of amidine groups is 1. The Morgan fingerprint density at radius 3 is 3.00 bits per heavy atom. The molecule has 3 nitrogen and oxygen atoms in total. The number of aromatic nitrogens is 1. The minimum absolute atomic E-state index is 0.122. The second kappa shape index (κ2) is 3.61. The van der Waals surface area contributed by atoms with Crippen molar-refractivity contribution in [2.24, 2.45) is 5.73 Å². The van der Waals surface area contributed by atoms with E-state index in [1.54, 1.807) is 11.8 Å². The van der Waals surface area contributed by atoms with Crippen molar-refractivity contribution in [2.75, 3.05) is 6.26 Å². The predicted octanol–water partition coefficient (Wildman–Crippen LogP) is 1.58. The molecule has 14 heavy (non-hydrogen) atoms. The summed E-state index contributed by atoms with van der Waals surface area (Å²) in [4.78, 5) is 4.54. The Hall–Kier alpha value is -1.03. The average Bonchev–Trinajstić information content (AvgIpc) is 2.62. The molecule has 2 rings (SSSR count). The van der Waals surface area contributed by atoms with Crippen LogP contribution in [0.15, 0.2) is 11.1 Å². The minimum Gasteiger partial charge on any atom is -0.384 e. The van der Waals surface area contributed by atoms with Crippen molar-refractivity contribution in [3.8, 4) is 0 Å².